The predicted octanol–water partition coefficient (Wildman–Crippen LogP) is 6.54. The van der Waals surface area contributed by atoms with Crippen molar-refractivity contribution in [2.75, 3.05) is 32.3 Å². The summed E-state index contributed by atoms with van der Waals surface area (Å²) in [6.07, 6.45) is 24.1. The zero-order valence-electron chi connectivity index (χ0n) is 55.2. The molecule has 0 unspecified atom stereocenters. The number of aromatic nitrogens is 10. The number of H-pyrrole nitrogens is 1. The molecule has 34 heteroatoms. The zero-order chi connectivity index (χ0) is 72.0. The summed E-state index contributed by atoms with van der Waals surface area (Å²) in [6, 6.07) is 17.0. The van der Waals surface area contributed by atoms with Crippen LogP contribution in [0.1, 0.15) is 183 Å². The number of fused-ring (bicyclic) bond motifs is 6. The molecule has 0 radical (unpaired) electrons. The van der Waals surface area contributed by atoms with Gasteiger partial charge in [-0.15, -0.1) is 0 Å². The van der Waals surface area contributed by atoms with Gasteiger partial charge in [-0.05, 0) is 177 Å². The van der Waals surface area contributed by atoms with Gasteiger partial charge >= 0.3 is 0 Å². The van der Waals surface area contributed by atoms with Gasteiger partial charge in [-0.25, -0.2) is 29.9 Å². The number of carbonyl (C=O) groups is 8. The molecule has 0 aromatic carbocycles. The minimum absolute atomic E-state index is 0.0260. The SMILES string of the molecule is NC(=O)c1ccc(Cl)c(=O)[nH]1.Nc1cc(NC(=O)C2CC2)ncn1.O=C1CCCC1.O=C1NC2(CCCC2)n2c1ccc(Cl)c2=O.O=C1NC2(CCCC2)n2c1ccc(Nc1cc(NC(=O)C3CC3)ncn1)c2=O.O=C1NC2(CCCC2)n2c1ccc(Nc1cc(NC(=O)C3CC3)ncn1)c2=O. The molecule has 17 rings (SSSR count). The quantitative estimate of drug-likeness (QED) is 0.0655. The van der Waals surface area contributed by atoms with Crippen LogP contribution in [0.15, 0.2) is 105 Å². The average molecular weight is 1430 g/mol. The fourth-order valence-corrected chi connectivity index (χ4v) is 13.6. The maximum Gasteiger partial charge on any atom is 0.276 e. The zero-order valence-corrected chi connectivity index (χ0v) is 56.7. The molecule has 32 nitrogen and oxygen atoms in total. The van der Waals surface area contributed by atoms with Gasteiger partial charge in [0.2, 0.25) is 17.7 Å². The molecule has 0 bridgehead atoms. The number of amides is 7. The molecule has 10 aliphatic rings. The number of pyridine rings is 4. The maximum absolute atomic E-state index is 13.1. The lowest BCUT2D eigenvalue weighted by molar-refractivity contribution is -0.118. The van der Waals surface area contributed by atoms with Crippen LogP contribution in [-0.4, -0.2) is 95.7 Å². The Kier molecular flexibility index (Phi) is 20.9. The summed E-state index contributed by atoms with van der Waals surface area (Å²) in [4.78, 5) is 167. The molecule has 7 aromatic heterocycles. The van der Waals surface area contributed by atoms with Crippen LogP contribution in [0.25, 0.3) is 0 Å². The van der Waals surface area contributed by atoms with Crippen molar-refractivity contribution in [2.24, 2.45) is 23.5 Å². The molecule has 7 fully saturated rings. The highest BCUT2D eigenvalue weighted by Gasteiger charge is 2.48. The van der Waals surface area contributed by atoms with Crippen LogP contribution < -0.4 is 76.2 Å². The van der Waals surface area contributed by atoms with Crippen molar-refractivity contribution in [1.82, 2.24) is 64.5 Å². The molecule has 10 heterocycles. The Bertz CT molecular complexity index is 4560. The van der Waals surface area contributed by atoms with Crippen LogP contribution >= 0.6 is 23.2 Å². The first-order chi connectivity index (χ1) is 49.0. The third kappa shape index (κ3) is 16.1. The summed E-state index contributed by atoms with van der Waals surface area (Å²) in [7, 11) is 0. The third-order valence-electron chi connectivity index (χ3n) is 18.9. The van der Waals surface area contributed by atoms with E-state index in [0.717, 1.165) is 141 Å². The molecular weight excluding hydrogens is 1360 g/mol. The van der Waals surface area contributed by atoms with Crippen LogP contribution in [0.4, 0.5) is 46.3 Å². The van der Waals surface area contributed by atoms with Crippen LogP contribution in [-0.2, 0) is 36.2 Å². The number of aromatic amines is 1. The molecule has 0 atom stereocenters. The summed E-state index contributed by atoms with van der Waals surface area (Å²) in [5, 5.41) is 23.3. The topological polar surface area (TPSA) is 461 Å². The smallest absolute Gasteiger partial charge is 0.276 e. The minimum atomic E-state index is -0.682. The van der Waals surface area contributed by atoms with Gasteiger partial charge in [-0.3, -0.25) is 71.2 Å². The first-order valence-electron chi connectivity index (χ1n) is 33.8. The number of nitrogens with zero attached hydrogens (tertiary/aromatic N) is 9. The first-order valence-corrected chi connectivity index (χ1v) is 34.6. The largest absolute Gasteiger partial charge is 0.384 e. The van der Waals surface area contributed by atoms with Crippen molar-refractivity contribution < 1.29 is 38.4 Å². The van der Waals surface area contributed by atoms with Crippen molar-refractivity contribution in [1.29, 1.82) is 0 Å². The van der Waals surface area contributed by atoms with E-state index in [9.17, 15) is 57.5 Å². The number of nitrogens with two attached hydrogens (primary N) is 2. The molecular formula is C68H74Cl2N20O12. The number of hydrogen-bond donors (Lipinski definition) is 11. The predicted molar refractivity (Wildman–Crippen MR) is 374 cm³/mol. The number of nitrogens with one attached hydrogen (secondary N) is 9. The lowest BCUT2D eigenvalue weighted by Gasteiger charge is -2.26. The molecule has 13 N–H and O–H groups in total. The van der Waals surface area contributed by atoms with Gasteiger partial charge in [-0.1, -0.05) is 23.2 Å². The summed E-state index contributed by atoms with van der Waals surface area (Å²) >= 11 is 11.2. The summed E-state index contributed by atoms with van der Waals surface area (Å²) in [5.74, 6) is 1.85. The molecule has 0 saturated heterocycles. The van der Waals surface area contributed by atoms with Crippen molar-refractivity contribution in [3.8, 4) is 0 Å². The highest BCUT2D eigenvalue weighted by Crippen LogP contribution is 2.41. The van der Waals surface area contributed by atoms with E-state index in [0.29, 0.717) is 69.1 Å². The summed E-state index contributed by atoms with van der Waals surface area (Å²) in [5.41, 5.74) is 9.17. The Balaban J connectivity index is 0.000000123. The first kappa shape index (κ1) is 70.8. The van der Waals surface area contributed by atoms with Gasteiger partial charge in [-0.2, -0.15) is 0 Å². The Hall–Kier alpha value is -11.0. The van der Waals surface area contributed by atoms with E-state index in [2.05, 4.69) is 77.4 Å². The number of ketones is 1. The molecule has 7 amide bonds. The van der Waals surface area contributed by atoms with E-state index in [1.54, 1.807) is 62.2 Å². The van der Waals surface area contributed by atoms with E-state index in [1.165, 1.54) is 37.2 Å². The standard InChI is InChI=1S/2C19H20N6O3.C11H11ClN2O2.C8H10N4O.C6H5ClN2O2.C5H8O/c2*26-16(11-3-4-11)23-15-9-14(20-10-21-15)22-12-5-6-13-17(27)24-19(7-1-2-8-19)25(13)18(12)28;12-7-3-4-8-9(15)13-11(5-1-2-6-11)14(8)10(7)16;9-6-3-7(11-4-10-6)12-8(13)5-1-2-5;7-3-1-2-4(5(8)10)9-6(3)11;6-5-3-1-2-4-5/h2*5-6,9-11H,1-4,7-8H2,(H,24,27)(H2,20,21,22,23,26);3-4H,1-2,5-6H2,(H,13,15);3-5H,1-2H2,(H3,9,10,11,12,13);1-2H,(H2,8,10)(H,9,11);1-4H2. The third-order valence-corrected chi connectivity index (χ3v) is 19.5. The number of halogens is 2. The minimum Gasteiger partial charge on any atom is -0.384 e. The van der Waals surface area contributed by atoms with Crippen LogP contribution in [0.3, 0.4) is 0 Å². The number of Topliss-reactive ketones (excluding diaryl/α,β-unsaturated/α-hetero) is 1. The van der Waals surface area contributed by atoms with Crippen molar-refractivity contribution >= 4 is 117 Å². The fourth-order valence-electron chi connectivity index (χ4n) is 13.3. The molecule has 7 saturated carbocycles. The lowest BCUT2D eigenvalue weighted by Crippen LogP contribution is -2.45. The highest BCUT2D eigenvalue weighted by molar-refractivity contribution is 6.30. The van der Waals surface area contributed by atoms with E-state index < -0.39 is 28.5 Å². The Morgan fingerprint density at radius 2 is 0.794 bits per heavy atom. The molecule has 7 aliphatic carbocycles. The number of rotatable bonds is 11. The van der Waals surface area contributed by atoms with Crippen LogP contribution in [0.2, 0.25) is 10.0 Å². The van der Waals surface area contributed by atoms with Gasteiger partial charge in [0.15, 0.2) is 0 Å². The van der Waals surface area contributed by atoms with E-state index in [4.69, 9.17) is 34.7 Å². The van der Waals surface area contributed by atoms with Crippen molar-refractivity contribution in [2.45, 2.75) is 158 Å². The van der Waals surface area contributed by atoms with Crippen LogP contribution in [0, 0.1) is 17.8 Å². The van der Waals surface area contributed by atoms with E-state index in [-0.39, 0.29) is 85.6 Å². The number of anilines is 8. The number of nitrogen functional groups attached to an aromatic ring is 1. The Morgan fingerprint density at radius 1 is 0.441 bits per heavy atom. The monoisotopic (exact) mass is 1430 g/mol. The Labute approximate surface area is 590 Å². The average Bonchev–Trinajstić information content (AvgIpc) is 1.59. The second-order valence-corrected chi connectivity index (χ2v) is 27.3. The number of carbonyl (C=O) groups excluding carboxylic acids is 8. The molecule has 3 spiro atoms. The van der Waals surface area contributed by atoms with Crippen LogP contribution in [0.5, 0.6) is 0 Å². The molecule has 102 heavy (non-hydrogen) atoms. The number of primary amides is 1. The highest BCUT2D eigenvalue weighted by atomic mass is 35.5. The molecule has 532 valence electrons. The molecule has 3 aliphatic heterocycles. The van der Waals surface area contributed by atoms with Crippen molar-refractivity contribution in [3.05, 3.63) is 160 Å². The fraction of sp³-hybridized carbons (Fsp3) is 0.412. The van der Waals surface area contributed by atoms with Crippen molar-refractivity contribution in [3.63, 3.8) is 0 Å². The summed E-state index contributed by atoms with van der Waals surface area (Å²) in [6.45, 7) is 0. The van der Waals surface area contributed by atoms with Gasteiger partial charge in [0, 0.05) is 48.8 Å². The Morgan fingerprint density at radius 3 is 1.15 bits per heavy atom. The van der Waals surface area contributed by atoms with Gasteiger partial charge in [0.1, 0.15) is 121 Å². The number of hydrogen-bond acceptors (Lipinski definition) is 21. The van der Waals surface area contributed by atoms with E-state index in [1.807, 2.05) is 0 Å². The maximum atomic E-state index is 13.1. The lowest BCUT2D eigenvalue weighted by atomic mass is 10.1. The normalized spacial score (nSPS) is 18.3. The second-order valence-electron chi connectivity index (χ2n) is 26.4. The van der Waals surface area contributed by atoms with Gasteiger partial charge in [0.05, 0.1) is 0 Å². The van der Waals surface area contributed by atoms with E-state index >= 15 is 0 Å². The molecule has 7 aromatic rings. The summed E-state index contributed by atoms with van der Waals surface area (Å²) < 4.78 is 4.72. The van der Waals surface area contributed by atoms with Gasteiger partial charge < -0.3 is 59.0 Å². The van der Waals surface area contributed by atoms with Gasteiger partial charge in [0.25, 0.3) is 45.9 Å². The second kappa shape index (κ2) is 30.0.